The third-order valence-corrected chi connectivity index (χ3v) is 2.95. The van der Waals surface area contributed by atoms with Gasteiger partial charge in [-0.25, -0.2) is 14.2 Å². The molecule has 0 aliphatic rings. The fourth-order valence-corrected chi connectivity index (χ4v) is 1.95. The van der Waals surface area contributed by atoms with Gasteiger partial charge in [0.05, 0.1) is 18.4 Å². The number of carbonyl (C=O) groups is 1. The number of ether oxygens (including phenoxy) is 1. The molecule has 0 radical (unpaired) electrons. The number of rotatable bonds is 4. The molecule has 0 spiro atoms. The maximum atomic E-state index is 13.8. The summed E-state index contributed by atoms with van der Waals surface area (Å²) < 4.78 is 23.8. The minimum Gasteiger partial charge on any atom is -0.463 e. The predicted molar refractivity (Wildman–Crippen MR) is 72.2 cm³/mol. The zero-order valence-corrected chi connectivity index (χ0v) is 11.8. The number of halogens is 2. The molecule has 0 N–H and O–H groups in total. The van der Waals surface area contributed by atoms with E-state index in [1.165, 1.54) is 25.3 Å². The molecule has 106 valence electrons. The summed E-state index contributed by atoms with van der Waals surface area (Å²) in [4.78, 5) is 15.8. The van der Waals surface area contributed by atoms with Gasteiger partial charge in [0, 0.05) is 5.02 Å². The SMILES string of the molecule is CCCc1nc(-c2ccc(Cl)cc2F)oc1C(=O)OC. The molecule has 1 aromatic heterocycles. The number of benzene rings is 1. The number of hydrogen-bond acceptors (Lipinski definition) is 4. The van der Waals surface area contributed by atoms with Crippen LogP contribution in [0.5, 0.6) is 0 Å². The van der Waals surface area contributed by atoms with E-state index in [-0.39, 0.29) is 22.2 Å². The molecule has 2 aromatic rings. The molecule has 0 aliphatic carbocycles. The minimum atomic E-state index is -0.624. The summed E-state index contributed by atoms with van der Waals surface area (Å²) in [6.07, 6.45) is 1.32. The van der Waals surface area contributed by atoms with Crippen LogP contribution in [0.15, 0.2) is 22.6 Å². The Morgan fingerprint density at radius 2 is 2.25 bits per heavy atom. The average Bonchev–Trinajstić information content (AvgIpc) is 2.82. The number of oxazole rings is 1. The van der Waals surface area contributed by atoms with Crippen LogP contribution >= 0.6 is 11.6 Å². The summed E-state index contributed by atoms with van der Waals surface area (Å²) >= 11 is 5.70. The Morgan fingerprint density at radius 3 is 2.85 bits per heavy atom. The molecule has 2 rings (SSSR count). The standard InChI is InChI=1S/C14H13ClFNO3/c1-3-4-11-12(14(18)19-2)20-13(17-11)9-6-5-8(15)7-10(9)16/h5-7H,3-4H2,1-2H3. The van der Waals surface area contributed by atoms with Gasteiger partial charge in [0.15, 0.2) is 0 Å². The Kier molecular flexibility index (Phi) is 4.39. The van der Waals surface area contributed by atoms with E-state index in [0.29, 0.717) is 12.1 Å². The quantitative estimate of drug-likeness (QED) is 0.804. The average molecular weight is 298 g/mol. The summed E-state index contributed by atoms with van der Waals surface area (Å²) in [7, 11) is 1.25. The maximum absolute atomic E-state index is 13.8. The first-order valence-electron chi connectivity index (χ1n) is 6.10. The first-order valence-corrected chi connectivity index (χ1v) is 6.48. The van der Waals surface area contributed by atoms with Gasteiger partial charge in [-0.3, -0.25) is 0 Å². The highest BCUT2D eigenvalue weighted by molar-refractivity contribution is 6.30. The van der Waals surface area contributed by atoms with E-state index in [9.17, 15) is 9.18 Å². The van der Waals surface area contributed by atoms with Crippen LogP contribution in [0, 0.1) is 5.82 Å². The zero-order valence-electron chi connectivity index (χ0n) is 11.1. The lowest BCUT2D eigenvalue weighted by Crippen LogP contribution is -2.03. The van der Waals surface area contributed by atoms with E-state index in [1.54, 1.807) is 0 Å². The van der Waals surface area contributed by atoms with Gasteiger partial charge in [0.2, 0.25) is 11.7 Å². The van der Waals surface area contributed by atoms with E-state index >= 15 is 0 Å². The van der Waals surface area contributed by atoms with E-state index in [4.69, 9.17) is 16.0 Å². The molecular weight excluding hydrogens is 285 g/mol. The van der Waals surface area contributed by atoms with Gasteiger partial charge in [-0.1, -0.05) is 24.9 Å². The lowest BCUT2D eigenvalue weighted by atomic mass is 10.2. The second kappa shape index (κ2) is 6.05. The highest BCUT2D eigenvalue weighted by Crippen LogP contribution is 2.27. The molecule has 0 bridgehead atoms. The molecule has 0 amide bonds. The molecule has 6 heteroatoms. The van der Waals surface area contributed by atoms with Gasteiger partial charge in [-0.05, 0) is 24.6 Å². The summed E-state index contributed by atoms with van der Waals surface area (Å²) in [5.74, 6) is -1.12. The highest BCUT2D eigenvalue weighted by Gasteiger charge is 2.22. The van der Waals surface area contributed by atoms with Gasteiger partial charge in [0.25, 0.3) is 0 Å². The third kappa shape index (κ3) is 2.82. The highest BCUT2D eigenvalue weighted by atomic mass is 35.5. The molecule has 0 aliphatic heterocycles. The van der Waals surface area contributed by atoms with E-state index in [0.717, 1.165) is 6.42 Å². The Balaban J connectivity index is 2.49. The minimum absolute atomic E-state index is 0.0127. The summed E-state index contributed by atoms with van der Waals surface area (Å²) in [5.41, 5.74) is 0.616. The van der Waals surface area contributed by atoms with Crippen molar-refractivity contribution >= 4 is 17.6 Å². The Labute approximate surface area is 120 Å². The van der Waals surface area contributed by atoms with Gasteiger partial charge in [-0.15, -0.1) is 0 Å². The number of nitrogens with zero attached hydrogens (tertiary/aromatic N) is 1. The van der Waals surface area contributed by atoms with Crippen molar-refractivity contribution in [2.24, 2.45) is 0 Å². The van der Waals surface area contributed by atoms with Crippen LogP contribution in [0.1, 0.15) is 29.6 Å². The number of aryl methyl sites for hydroxylation is 1. The van der Waals surface area contributed by atoms with Crippen molar-refractivity contribution in [2.45, 2.75) is 19.8 Å². The first-order chi connectivity index (χ1) is 9.56. The normalized spacial score (nSPS) is 10.6. The molecule has 0 unspecified atom stereocenters. The van der Waals surface area contributed by atoms with Crippen molar-refractivity contribution in [3.63, 3.8) is 0 Å². The second-order valence-corrected chi connectivity index (χ2v) is 4.60. The molecule has 1 heterocycles. The maximum Gasteiger partial charge on any atom is 0.376 e. The van der Waals surface area contributed by atoms with Crippen LogP contribution in [-0.4, -0.2) is 18.1 Å². The van der Waals surface area contributed by atoms with Crippen LogP contribution in [0.25, 0.3) is 11.5 Å². The second-order valence-electron chi connectivity index (χ2n) is 4.16. The van der Waals surface area contributed by atoms with Crippen molar-refractivity contribution in [3.05, 3.63) is 40.5 Å². The molecule has 0 atom stereocenters. The van der Waals surface area contributed by atoms with E-state index in [2.05, 4.69) is 9.72 Å². The van der Waals surface area contributed by atoms with Gasteiger partial charge in [-0.2, -0.15) is 0 Å². The van der Waals surface area contributed by atoms with Crippen molar-refractivity contribution in [3.8, 4) is 11.5 Å². The van der Waals surface area contributed by atoms with Crippen molar-refractivity contribution in [1.29, 1.82) is 0 Å². The van der Waals surface area contributed by atoms with Gasteiger partial charge in [0.1, 0.15) is 5.82 Å². The van der Waals surface area contributed by atoms with Crippen LogP contribution in [0.2, 0.25) is 5.02 Å². The van der Waals surface area contributed by atoms with Crippen LogP contribution in [0.4, 0.5) is 4.39 Å². The number of esters is 1. The summed E-state index contributed by atoms with van der Waals surface area (Å²) in [5, 5.41) is 0.278. The van der Waals surface area contributed by atoms with Crippen LogP contribution in [0.3, 0.4) is 0 Å². The molecule has 0 fully saturated rings. The summed E-state index contributed by atoms with van der Waals surface area (Å²) in [6, 6.07) is 4.15. The molecule has 0 saturated heterocycles. The molecule has 1 aromatic carbocycles. The predicted octanol–water partition coefficient (Wildman–Crippen LogP) is 3.87. The fraction of sp³-hybridized carbons (Fsp3) is 0.286. The summed E-state index contributed by atoms with van der Waals surface area (Å²) in [6.45, 7) is 1.94. The first kappa shape index (κ1) is 14.5. The van der Waals surface area contributed by atoms with Crippen molar-refractivity contribution in [1.82, 2.24) is 4.98 Å². The van der Waals surface area contributed by atoms with Gasteiger partial charge >= 0.3 is 5.97 Å². The Hall–Kier alpha value is -1.88. The zero-order chi connectivity index (χ0) is 14.7. The Morgan fingerprint density at radius 1 is 1.50 bits per heavy atom. The van der Waals surface area contributed by atoms with E-state index < -0.39 is 11.8 Å². The van der Waals surface area contributed by atoms with Crippen molar-refractivity contribution in [2.75, 3.05) is 7.11 Å². The third-order valence-electron chi connectivity index (χ3n) is 2.72. The largest absolute Gasteiger partial charge is 0.463 e. The van der Waals surface area contributed by atoms with Crippen LogP contribution < -0.4 is 0 Å². The van der Waals surface area contributed by atoms with Gasteiger partial charge < -0.3 is 9.15 Å². The molecular formula is C14H13ClFNO3. The lowest BCUT2D eigenvalue weighted by molar-refractivity contribution is 0.0564. The van der Waals surface area contributed by atoms with E-state index in [1.807, 2.05) is 6.92 Å². The number of aromatic nitrogens is 1. The monoisotopic (exact) mass is 297 g/mol. The lowest BCUT2D eigenvalue weighted by Gasteiger charge is -1.98. The topological polar surface area (TPSA) is 52.3 Å². The number of carbonyl (C=O) groups excluding carboxylic acids is 1. The molecule has 4 nitrogen and oxygen atoms in total. The number of methoxy groups -OCH3 is 1. The smallest absolute Gasteiger partial charge is 0.376 e. The Bertz CT molecular complexity index is 639. The van der Waals surface area contributed by atoms with Crippen molar-refractivity contribution < 1.29 is 18.3 Å². The van der Waals surface area contributed by atoms with Crippen LogP contribution in [-0.2, 0) is 11.2 Å². The number of hydrogen-bond donors (Lipinski definition) is 0. The molecule has 0 saturated carbocycles. The fourth-order valence-electron chi connectivity index (χ4n) is 1.79. The molecule has 20 heavy (non-hydrogen) atoms.